The molecule has 1 heterocycles. The van der Waals surface area contributed by atoms with E-state index in [1.807, 2.05) is 13.0 Å². The van der Waals surface area contributed by atoms with Crippen LogP contribution in [0.5, 0.6) is 5.75 Å². The van der Waals surface area contributed by atoms with Gasteiger partial charge in [0.15, 0.2) is 0 Å². The van der Waals surface area contributed by atoms with E-state index in [9.17, 15) is 4.79 Å². The maximum atomic E-state index is 11.1. The smallest absolute Gasteiger partial charge is 0.318 e. The number of nitrogen functional groups attached to an aromatic ring is 1. The molecule has 1 aliphatic rings. The van der Waals surface area contributed by atoms with Crippen LogP contribution >= 0.6 is 12.9 Å². The van der Waals surface area contributed by atoms with Crippen LogP contribution in [0.1, 0.15) is 37.7 Å². The Bertz CT molecular complexity index is 502. The lowest BCUT2D eigenvalue weighted by Gasteiger charge is -2.32. The fraction of sp³-hybridized carbons (Fsp3) is 0.562. The largest absolute Gasteiger partial charge is 0.492 e. The van der Waals surface area contributed by atoms with E-state index in [-0.39, 0.29) is 5.97 Å². The van der Waals surface area contributed by atoms with Crippen molar-refractivity contribution in [3.8, 4) is 5.75 Å². The van der Waals surface area contributed by atoms with Gasteiger partial charge in [-0.05, 0) is 56.5 Å². The molecule has 0 amide bonds. The van der Waals surface area contributed by atoms with Gasteiger partial charge in [0, 0.05) is 19.5 Å². The number of rotatable bonds is 6. The summed E-state index contributed by atoms with van der Waals surface area (Å²) in [5, 5.41) is 0. The highest BCUT2D eigenvalue weighted by molar-refractivity contribution is 7.75. The number of hydrogen-bond donors (Lipinski definition) is 2. The summed E-state index contributed by atoms with van der Waals surface area (Å²) in [4.78, 5) is 13.4. The standard InChI is InChI=1S/C16H24N2O3S/c1-2-20-15-11-13(3-4-14(15)17)12-5-8-18(9-6-12)10-7-16(19)21-22/h3-4,11-12,22H,2,5-10,17H2,1H3. The Hall–Kier alpha value is -1.40. The van der Waals surface area contributed by atoms with Crippen LogP contribution in [0.15, 0.2) is 18.2 Å². The van der Waals surface area contributed by atoms with Crippen LogP contribution in [-0.2, 0) is 8.98 Å². The Morgan fingerprint density at radius 3 is 2.77 bits per heavy atom. The molecular weight excluding hydrogens is 300 g/mol. The predicted octanol–water partition coefficient (Wildman–Crippen LogP) is 2.62. The second kappa shape index (κ2) is 8.29. The highest BCUT2D eigenvalue weighted by Gasteiger charge is 2.21. The van der Waals surface area contributed by atoms with Crippen molar-refractivity contribution >= 4 is 24.6 Å². The maximum absolute atomic E-state index is 11.1. The van der Waals surface area contributed by atoms with Crippen LogP contribution in [0.25, 0.3) is 0 Å². The Labute approximate surface area is 137 Å². The molecule has 0 unspecified atom stereocenters. The lowest BCUT2D eigenvalue weighted by Crippen LogP contribution is -2.34. The summed E-state index contributed by atoms with van der Waals surface area (Å²) in [7, 11) is 0. The molecule has 2 rings (SSSR count). The molecule has 6 heteroatoms. The third kappa shape index (κ3) is 4.55. The van der Waals surface area contributed by atoms with E-state index in [1.54, 1.807) is 0 Å². The molecule has 22 heavy (non-hydrogen) atoms. The van der Waals surface area contributed by atoms with Gasteiger partial charge in [0.05, 0.1) is 18.7 Å². The Morgan fingerprint density at radius 2 is 2.14 bits per heavy atom. The van der Waals surface area contributed by atoms with Crippen molar-refractivity contribution in [2.24, 2.45) is 0 Å². The van der Waals surface area contributed by atoms with Crippen molar-refractivity contribution in [2.45, 2.75) is 32.1 Å². The van der Waals surface area contributed by atoms with Crippen molar-refractivity contribution in [2.75, 3.05) is 32.0 Å². The molecule has 1 aromatic carbocycles. The Morgan fingerprint density at radius 1 is 1.41 bits per heavy atom. The molecule has 0 bridgehead atoms. The van der Waals surface area contributed by atoms with Gasteiger partial charge in [-0.3, -0.25) is 4.79 Å². The molecule has 1 aromatic rings. The van der Waals surface area contributed by atoms with Crippen molar-refractivity contribution in [1.82, 2.24) is 4.90 Å². The molecule has 0 aliphatic carbocycles. The maximum Gasteiger partial charge on any atom is 0.318 e. The SMILES string of the molecule is CCOc1cc(C2CCN(CCC(=O)OS)CC2)ccc1N. The first kappa shape index (κ1) is 17.0. The molecule has 1 saturated heterocycles. The minimum Gasteiger partial charge on any atom is -0.492 e. The number of carbonyl (C=O) groups is 1. The number of hydrogen-bond acceptors (Lipinski definition) is 6. The third-order valence-corrected chi connectivity index (χ3v) is 4.33. The van der Waals surface area contributed by atoms with Crippen LogP contribution < -0.4 is 10.5 Å². The van der Waals surface area contributed by atoms with E-state index >= 15 is 0 Å². The molecule has 0 radical (unpaired) electrons. The first-order valence-corrected chi connectivity index (χ1v) is 8.09. The van der Waals surface area contributed by atoms with Crippen molar-refractivity contribution in [1.29, 1.82) is 0 Å². The molecule has 1 fully saturated rings. The van der Waals surface area contributed by atoms with Crippen molar-refractivity contribution < 1.29 is 13.7 Å². The molecular formula is C16H24N2O3S. The monoisotopic (exact) mass is 324 g/mol. The van der Waals surface area contributed by atoms with Gasteiger partial charge in [-0.1, -0.05) is 6.07 Å². The van der Waals surface area contributed by atoms with Crippen molar-refractivity contribution in [3.63, 3.8) is 0 Å². The minimum atomic E-state index is -0.273. The summed E-state index contributed by atoms with van der Waals surface area (Å²) >= 11 is 3.52. The van der Waals surface area contributed by atoms with Gasteiger partial charge < -0.3 is 19.6 Å². The van der Waals surface area contributed by atoms with Gasteiger partial charge in [-0.2, -0.15) is 0 Å². The summed E-state index contributed by atoms with van der Waals surface area (Å²) < 4.78 is 9.95. The molecule has 2 N–H and O–H groups in total. The average Bonchev–Trinajstić information content (AvgIpc) is 2.55. The van der Waals surface area contributed by atoms with E-state index in [2.05, 4.69) is 34.1 Å². The molecule has 0 atom stereocenters. The topological polar surface area (TPSA) is 64.8 Å². The molecule has 5 nitrogen and oxygen atoms in total. The second-order valence-electron chi connectivity index (χ2n) is 5.56. The van der Waals surface area contributed by atoms with E-state index in [1.165, 1.54) is 5.56 Å². The fourth-order valence-corrected chi connectivity index (χ4v) is 2.96. The summed E-state index contributed by atoms with van der Waals surface area (Å²) in [5.41, 5.74) is 7.90. The lowest BCUT2D eigenvalue weighted by molar-refractivity contribution is -0.133. The van der Waals surface area contributed by atoms with E-state index in [4.69, 9.17) is 10.5 Å². The number of thiol groups is 1. The van der Waals surface area contributed by atoms with E-state index in [0.717, 1.165) is 38.2 Å². The summed E-state index contributed by atoms with van der Waals surface area (Å²) in [6.07, 6.45) is 2.54. The molecule has 122 valence electrons. The highest BCUT2D eigenvalue weighted by Crippen LogP contribution is 2.32. The van der Waals surface area contributed by atoms with Crippen LogP contribution in [-0.4, -0.2) is 37.1 Å². The normalized spacial score (nSPS) is 16.5. The van der Waals surface area contributed by atoms with Crippen LogP contribution in [0, 0.1) is 0 Å². The molecule has 0 spiro atoms. The summed E-state index contributed by atoms with van der Waals surface area (Å²) in [6, 6.07) is 6.09. The van der Waals surface area contributed by atoms with E-state index in [0.29, 0.717) is 24.6 Å². The zero-order chi connectivity index (χ0) is 15.9. The van der Waals surface area contributed by atoms with E-state index < -0.39 is 0 Å². The zero-order valence-electron chi connectivity index (χ0n) is 13.0. The molecule has 1 aliphatic heterocycles. The zero-order valence-corrected chi connectivity index (χ0v) is 13.9. The molecule has 0 saturated carbocycles. The first-order valence-electron chi connectivity index (χ1n) is 7.72. The van der Waals surface area contributed by atoms with Gasteiger partial charge in [-0.15, -0.1) is 0 Å². The molecule has 0 aromatic heterocycles. The van der Waals surface area contributed by atoms with Crippen LogP contribution in [0.4, 0.5) is 5.69 Å². The van der Waals surface area contributed by atoms with Gasteiger partial charge in [0.2, 0.25) is 0 Å². The number of benzene rings is 1. The van der Waals surface area contributed by atoms with Crippen LogP contribution in [0.3, 0.4) is 0 Å². The first-order chi connectivity index (χ1) is 10.6. The summed E-state index contributed by atoms with van der Waals surface area (Å²) in [6.45, 7) is 5.28. The van der Waals surface area contributed by atoms with Gasteiger partial charge in [0.25, 0.3) is 0 Å². The Kier molecular flexibility index (Phi) is 6.39. The fourth-order valence-electron chi connectivity index (χ4n) is 2.87. The highest BCUT2D eigenvalue weighted by atomic mass is 32.1. The van der Waals surface area contributed by atoms with Gasteiger partial charge in [-0.25, -0.2) is 0 Å². The number of piperidine rings is 1. The lowest BCUT2D eigenvalue weighted by atomic mass is 9.89. The van der Waals surface area contributed by atoms with Gasteiger partial charge >= 0.3 is 5.97 Å². The Balaban J connectivity index is 1.88. The van der Waals surface area contributed by atoms with Gasteiger partial charge in [0.1, 0.15) is 5.75 Å². The second-order valence-corrected chi connectivity index (χ2v) is 5.74. The third-order valence-electron chi connectivity index (χ3n) is 4.13. The minimum absolute atomic E-state index is 0.273. The number of nitrogens with zero attached hydrogens (tertiary/aromatic N) is 1. The predicted molar refractivity (Wildman–Crippen MR) is 90.1 cm³/mol. The quantitative estimate of drug-likeness (QED) is 0.478. The number of carbonyl (C=O) groups excluding carboxylic acids is 1. The number of ether oxygens (including phenoxy) is 1. The number of nitrogens with two attached hydrogens (primary N) is 1. The number of likely N-dealkylation sites (tertiary alicyclic amines) is 1. The number of anilines is 1. The van der Waals surface area contributed by atoms with Crippen LogP contribution in [0.2, 0.25) is 0 Å². The summed E-state index contributed by atoms with van der Waals surface area (Å²) in [5.74, 6) is 1.03. The average molecular weight is 324 g/mol. The van der Waals surface area contributed by atoms with Crippen molar-refractivity contribution in [3.05, 3.63) is 23.8 Å².